The van der Waals surface area contributed by atoms with E-state index in [2.05, 4.69) is 32.3 Å². The predicted octanol–water partition coefficient (Wildman–Crippen LogP) is 2.35. The van der Waals surface area contributed by atoms with Gasteiger partial charge in [0, 0.05) is 38.4 Å². The van der Waals surface area contributed by atoms with Gasteiger partial charge in [-0.2, -0.15) is 0 Å². The van der Waals surface area contributed by atoms with Gasteiger partial charge in [0.05, 0.1) is 5.02 Å². The van der Waals surface area contributed by atoms with Gasteiger partial charge in [-0.15, -0.1) is 0 Å². The first-order valence-corrected chi connectivity index (χ1v) is 10.3. The molecule has 1 atom stereocenters. The molecule has 1 aromatic rings. The molecule has 2 saturated heterocycles. The fraction of sp³-hybridized carbons (Fsp3) is 0.684. The average molecular weight is 379 g/mol. The summed E-state index contributed by atoms with van der Waals surface area (Å²) in [6.07, 6.45) is 6.69. The number of likely N-dealkylation sites (tertiary alicyclic amines) is 1. The lowest BCUT2D eigenvalue weighted by Crippen LogP contribution is -2.44. The Kier molecular flexibility index (Phi) is 7.38. The fourth-order valence-corrected chi connectivity index (χ4v) is 3.93. The van der Waals surface area contributed by atoms with E-state index < -0.39 is 0 Å². The molecule has 6 nitrogen and oxygen atoms in total. The van der Waals surface area contributed by atoms with E-state index in [9.17, 15) is 0 Å². The summed E-state index contributed by atoms with van der Waals surface area (Å²) in [6.45, 7) is 9.40. The second kappa shape index (κ2) is 9.97. The minimum atomic E-state index is 0.365. The maximum absolute atomic E-state index is 6.28. The number of hydrogen-bond donors (Lipinski definition) is 2. The number of guanidine groups is 1. The van der Waals surface area contributed by atoms with Crippen molar-refractivity contribution in [3.63, 3.8) is 0 Å². The van der Waals surface area contributed by atoms with E-state index in [4.69, 9.17) is 16.6 Å². The number of pyridine rings is 1. The molecule has 1 unspecified atom stereocenters. The van der Waals surface area contributed by atoms with Crippen LogP contribution in [0.5, 0.6) is 0 Å². The van der Waals surface area contributed by atoms with Crippen LogP contribution in [0.3, 0.4) is 0 Å². The van der Waals surface area contributed by atoms with Crippen LogP contribution in [0.2, 0.25) is 5.02 Å². The zero-order chi connectivity index (χ0) is 18.2. The Morgan fingerprint density at radius 2 is 2.19 bits per heavy atom. The van der Waals surface area contributed by atoms with Crippen LogP contribution in [-0.4, -0.2) is 67.7 Å². The Balaban J connectivity index is 1.46. The molecule has 0 spiro atoms. The molecule has 0 aliphatic carbocycles. The van der Waals surface area contributed by atoms with Crippen LogP contribution in [0, 0.1) is 0 Å². The third kappa shape index (κ3) is 5.48. The summed E-state index contributed by atoms with van der Waals surface area (Å²) in [7, 11) is 0. The van der Waals surface area contributed by atoms with Crippen molar-refractivity contribution in [2.75, 3.05) is 50.7 Å². The monoisotopic (exact) mass is 378 g/mol. The van der Waals surface area contributed by atoms with Crippen LogP contribution >= 0.6 is 11.6 Å². The molecule has 0 radical (unpaired) electrons. The van der Waals surface area contributed by atoms with E-state index in [0.717, 1.165) is 62.4 Å². The van der Waals surface area contributed by atoms with E-state index in [1.165, 1.54) is 25.9 Å². The molecular formula is C19H31ClN6. The van der Waals surface area contributed by atoms with Gasteiger partial charge in [0.25, 0.3) is 0 Å². The Labute approximate surface area is 162 Å². The van der Waals surface area contributed by atoms with E-state index in [-0.39, 0.29) is 0 Å². The Morgan fingerprint density at radius 1 is 1.35 bits per heavy atom. The number of nitrogens with zero attached hydrogens (tertiary/aromatic N) is 4. The molecule has 2 aliphatic rings. The summed E-state index contributed by atoms with van der Waals surface area (Å²) in [6, 6.07) is 4.14. The third-order valence-electron chi connectivity index (χ3n) is 5.01. The Morgan fingerprint density at radius 3 is 2.96 bits per heavy atom. The van der Waals surface area contributed by atoms with Crippen LogP contribution in [0.4, 0.5) is 5.82 Å². The van der Waals surface area contributed by atoms with Crippen molar-refractivity contribution in [1.29, 1.82) is 0 Å². The SMILES string of the molecule is CCNC(=NCCCN1CCCC1)NC1CCN(c2ncccc2Cl)C1. The van der Waals surface area contributed by atoms with E-state index in [1.807, 2.05) is 12.1 Å². The molecule has 0 bridgehead atoms. The van der Waals surface area contributed by atoms with Crippen molar-refractivity contribution in [3.05, 3.63) is 23.4 Å². The quantitative estimate of drug-likeness (QED) is 0.433. The summed E-state index contributed by atoms with van der Waals surface area (Å²) < 4.78 is 0. The molecule has 2 fully saturated rings. The summed E-state index contributed by atoms with van der Waals surface area (Å²) in [5.41, 5.74) is 0. The first-order chi connectivity index (χ1) is 12.8. The second-order valence-electron chi connectivity index (χ2n) is 7.05. The number of rotatable bonds is 7. The highest BCUT2D eigenvalue weighted by molar-refractivity contribution is 6.32. The molecule has 144 valence electrons. The lowest BCUT2D eigenvalue weighted by atomic mass is 10.3. The number of nitrogens with one attached hydrogen (secondary N) is 2. The molecule has 0 aromatic carbocycles. The Bertz CT molecular complexity index is 587. The van der Waals surface area contributed by atoms with Crippen molar-refractivity contribution in [2.24, 2.45) is 4.99 Å². The second-order valence-corrected chi connectivity index (χ2v) is 7.45. The standard InChI is InChI=1S/C19H31ClN6/c1-2-21-19(23-10-6-13-25-11-3-4-12-25)24-16-8-14-26(15-16)18-17(20)7-5-9-22-18/h5,7,9,16H,2-4,6,8,10-15H2,1H3,(H2,21,23,24). The number of halogens is 1. The lowest BCUT2D eigenvalue weighted by Gasteiger charge is -2.20. The summed E-state index contributed by atoms with van der Waals surface area (Å²) >= 11 is 6.28. The molecule has 1 aromatic heterocycles. The third-order valence-corrected chi connectivity index (χ3v) is 5.31. The zero-order valence-electron chi connectivity index (χ0n) is 15.8. The smallest absolute Gasteiger partial charge is 0.191 e. The average Bonchev–Trinajstić information content (AvgIpc) is 3.31. The van der Waals surface area contributed by atoms with Gasteiger partial charge in [-0.3, -0.25) is 4.99 Å². The van der Waals surface area contributed by atoms with Gasteiger partial charge in [-0.25, -0.2) is 4.98 Å². The first kappa shape index (κ1) is 19.2. The minimum absolute atomic E-state index is 0.365. The number of aromatic nitrogens is 1. The van der Waals surface area contributed by atoms with Gasteiger partial charge in [0.15, 0.2) is 5.96 Å². The highest BCUT2D eigenvalue weighted by Gasteiger charge is 2.25. The van der Waals surface area contributed by atoms with Crippen molar-refractivity contribution in [1.82, 2.24) is 20.5 Å². The molecule has 3 heterocycles. The summed E-state index contributed by atoms with van der Waals surface area (Å²) in [5, 5.41) is 7.66. The highest BCUT2D eigenvalue weighted by atomic mass is 35.5. The van der Waals surface area contributed by atoms with Crippen LogP contribution in [0.25, 0.3) is 0 Å². The van der Waals surface area contributed by atoms with Gasteiger partial charge >= 0.3 is 0 Å². The number of aliphatic imine (C=N–C) groups is 1. The maximum Gasteiger partial charge on any atom is 0.191 e. The normalized spacial score (nSPS) is 21.4. The number of hydrogen-bond acceptors (Lipinski definition) is 4. The topological polar surface area (TPSA) is 55.8 Å². The summed E-state index contributed by atoms with van der Waals surface area (Å²) in [4.78, 5) is 14.0. The molecule has 2 aliphatic heterocycles. The Hall–Kier alpha value is -1.53. The van der Waals surface area contributed by atoms with Crippen molar-refractivity contribution in [3.8, 4) is 0 Å². The molecule has 2 N–H and O–H groups in total. The first-order valence-electron chi connectivity index (χ1n) is 9.89. The van der Waals surface area contributed by atoms with E-state index >= 15 is 0 Å². The summed E-state index contributed by atoms with van der Waals surface area (Å²) in [5.74, 6) is 1.80. The van der Waals surface area contributed by atoms with Crippen molar-refractivity contribution < 1.29 is 0 Å². The van der Waals surface area contributed by atoms with Gasteiger partial charge in [0.2, 0.25) is 0 Å². The number of anilines is 1. The molecule has 7 heteroatoms. The lowest BCUT2D eigenvalue weighted by molar-refractivity contribution is 0.336. The predicted molar refractivity (Wildman–Crippen MR) is 109 cm³/mol. The van der Waals surface area contributed by atoms with Crippen molar-refractivity contribution >= 4 is 23.4 Å². The van der Waals surface area contributed by atoms with E-state index in [1.54, 1.807) is 6.20 Å². The van der Waals surface area contributed by atoms with Crippen LogP contribution in [0.1, 0.15) is 32.6 Å². The molecule has 3 rings (SSSR count). The minimum Gasteiger partial charge on any atom is -0.357 e. The van der Waals surface area contributed by atoms with Gasteiger partial charge in [-0.05, 0) is 64.4 Å². The van der Waals surface area contributed by atoms with Crippen LogP contribution < -0.4 is 15.5 Å². The van der Waals surface area contributed by atoms with Crippen LogP contribution in [0.15, 0.2) is 23.3 Å². The van der Waals surface area contributed by atoms with Gasteiger partial charge in [0.1, 0.15) is 5.82 Å². The zero-order valence-corrected chi connectivity index (χ0v) is 16.5. The highest BCUT2D eigenvalue weighted by Crippen LogP contribution is 2.25. The maximum atomic E-state index is 6.28. The fourth-order valence-electron chi connectivity index (χ4n) is 3.69. The van der Waals surface area contributed by atoms with Crippen molar-refractivity contribution in [2.45, 2.75) is 38.6 Å². The largest absolute Gasteiger partial charge is 0.357 e. The molecule has 0 saturated carbocycles. The molecule has 26 heavy (non-hydrogen) atoms. The van der Waals surface area contributed by atoms with Gasteiger partial charge in [-0.1, -0.05) is 11.6 Å². The molecular weight excluding hydrogens is 348 g/mol. The van der Waals surface area contributed by atoms with Crippen LogP contribution in [-0.2, 0) is 0 Å². The van der Waals surface area contributed by atoms with E-state index in [0.29, 0.717) is 6.04 Å². The molecule has 0 amide bonds. The van der Waals surface area contributed by atoms with Gasteiger partial charge < -0.3 is 20.4 Å².